The van der Waals surface area contributed by atoms with Crippen LogP contribution in [0.5, 0.6) is 23.3 Å². The zero-order chi connectivity index (χ0) is 59.1. The Morgan fingerprint density at radius 2 is 1.16 bits per heavy atom. The molecule has 4 aliphatic rings. The Morgan fingerprint density at radius 1 is 0.721 bits per heavy atom. The van der Waals surface area contributed by atoms with Crippen LogP contribution in [0.15, 0.2) is 107 Å². The molecular formula is C55H74Cl2K2N10O13S4. The molecule has 6 heterocycles. The van der Waals surface area contributed by atoms with E-state index in [-0.39, 0.29) is 204 Å². The third kappa shape index (κ3) is 22.4. The Morgan fingerprint density at radius 3 is 1.52 bits per heavy atom. The van der Waals surface area contributed by atoms with Crippen molar-refractivity contribution in [2.24, 2.45) is 22.7 Å². The van der Waals surface area contributed by atoms with E-state index in [0.717, 1.165) is 50.2 Å². The third-order valence-electron chi connectivity index (χ3n) is 14.0. The standard InChI is InChI=1S/C27H33N5O5S.C20H19ClN4O5S.C7H15N.CH2O3.ClH.2K.2H2S.H/c1-18-15-26(2,3)31(16-18)24-21(25(34)30-38(35,36)20-7-5-6-19(33)14-20)8-9-22(28-24)32-13-10-23(29-32)37-17-27(4)11-12-27;1-20(8-9-20)12-30-17-7-10-25(23-17)16-6-5-15(18(21)22-16)19(27)24-31(28,29)14-4-2-3-13(26)11-14;1-6-4-7(2,3)8-5-6;2-1-4-3;;;;;;/h5-10,13-14,18,33H,11-12,15-17H2,1-4H3,(H,30,34);2-7,10-11,26H,8-9,12H2,1H3,(H,24,27);6,8H,4-5H2,1-3H3;1,3H;1H;;;2*1H2;/q;;;;;2*+1;;;-1/p-1/t18-;;6-;;;;;;;/m0.0......./s1. The Balaban J connectivity index is 0.000000697. The van der Waals surface area contributed by atoms with Crippen LogP contribution in [0.1, 0.15) is 116 Å². The van der Waals surface area contributed by atoms with Gasteiger partial charge in [0.25, 0.3) is 38.3 Å². The maximum absolute atomic E-state index is 13.4. The van der Waals surface area contributed by atoms with Crippen molar-refractivity contribution in [2.45, 2.75) is 115 Å². The predicted octanol–water partition coefficient (Wildman–Crippen LogP) is 1.42. The summed E-state index contributed by atoms with van der Waals surface area (Å²) in [6.07, 6.45) is 10.2. The second-order valence-electron chi connectivity index (χ2n) is 22.8. The maximum Gasteiger partial charge on any atom is 1.00 e. The number of aromatic nitrogens is 6. The zero-order valence-electron chi connectivity index (χ0n) is 50.7. The topological polar surface area (TPSA) is 311 Å². The number of anilines is 1. The van der Waals surface area contributed by atoms with Gasteiger partial charge in [0.05, 0.1) is 34.1 Å². The first-order valence-electron chi connectivity index (χ1n) is 26.0. The molecule has 6 aromatic rings. The molecule has 31 heteroatoms. The van der Waals surface area contributed by atoms with Gasteiger partial charge in [-0.25, -0.2) is 45.6 Å². The number of rotatable bonds is 16. The van der Waals surface area contributed by atoms with E-state index in [1.165, 1.54) is 66.2 Å². The van der Waals surface area contributed by atoms with Crippen LogP contribution in [0.25, 0.3) is 11.6 Å². The largest absolute Gasteiger partial charge is 1.00 e. The molecule has 0 spiro atoms. The molecule has 10 rings (SSSR count). The fraction of sp³-hybridized carbons (Fsp3) is 0.436. The van der Waals surface area contributed by atoms with Crippen LogP contribution in [-0.4, -0.2) is 112 Å². The van der Waals surface area contributed by atoms with E-state index in [1.54, 1.807) is 41.3 Å². The van der Waals surface area contributed by atoms with E-state index in [9.17, 15) is 36.6 Å². The average Bonchev–Trinajstić information content (AvgIpc) is 1.83. The second kappa shape index (κ2) is 33.3. The molecule has 86 heavy (non-hydrogen) atoms. The Labute approximate surface area is 613 Å². The Bertz CT molecular complexity index is 3490. The number of hydrogen-bond acceptors (Lipinski definition) is 19. The summed E-state index contributed by atoms with van der Waals surface area (Å²) in [4.78, 5) is 47.6. The van der Waals surface area contributed by atoms with Crippen molar-refractivity contribution in [1.29, 1.82) is 0 Å². The van der Waals surface area contributed by atoms with Gasteiger partial charge in [-0.05, 0) is 133 Å². The molecule has 2 atom stereocenters. The number of hydrogen-bond donors (Lipinski definition) is 5. The van der Waals surface area contributed by atoms with Crippen molar-refractivity contribution in [1.82, 2.24) is 44.3 Å². The van der Waals surface area contributed by atoms with Crippen LogP contribution in [0, 0.1) is 22.7 Å². The summed E-state index contributed by atoms with van der Waals surface area (Å²) in [6, 6.07) is 19.6. The van der Waals surface area contributed by atoms with Crippen molar-refractivity contribution in [3.05, 3.63) is 114 Å². The van der Waals surface area contributed by atoms with Gasteiger partial charge in [0.15, 0.2) is 11.6 Å². The van der Waals surface area contributed by atoms with Gasteiger partial charge in [-0.2, -0.15) is 27.0 Å². The number of halogens is 2. The van der Waals surface area contributed by atoms with E-state index >= 15 is 0 Å². The molecule has 462 valence electrons. The Hall–Kier alpha value is -3.06. The number of ether oxygens (including phenoxy) is 2. The monoisotopic (exact) mass is 1360 g/mol. The molecule has 4 aromatic heterocycles. The van der Waals surface area contributed by atoms with Crippen LogP contribution in [0.2, 0.25) is 5.15 Å². The van der Waals surface area contributed by atoms with Crippen molar-refractivity contribution in [3.63, 3.8) is 0 Å². The predicted molar refractivity (Wildman–Crippen MR) is 326 cm³/mol. The molecule has 2 aliphatic carbocycles. The molecular weight excluding hydrogens is 1290 g/mol. The van der Waals surface area contributed by atoms with Crippen LogP contribution >= 0.6 is 51.0 Å². The Kier molecular flexibility index (Phi) is 30.6. The van der Waals surface area contributed by atoms with Crippen molar-refractivity contribution in [3.8, 4) is 34.9 Å². The van der Waals surface area contributed by atoms with Crippen molar-refractivity contribution < 1.29 is 165 Å². The molecule has 23 nitrogen and oxygen atoms in total. The number of pyridine rings is 2. The number of carbonyl (C=O) groups excluding carboxylic acids is 3. The number of benzene rings is 2. The molecule has 4 fully saturated rings. The molecule has 2 aliphatic heterocycles. The summed E-state index contributed by atoms with van der Waals surface area (Å²) < 4.78 is 69.2. The molecule has 5 N–H and O–H groups in total. The van der Waals surface area contributed by atoms with Gasteiger partial charge < -0.3 is 41.5 Å². The molecule has 2 saturated heterocycles. The quantitative estimate of drug-likeness (QED) is 0.0301. The summed E-state index contributed by atoms with van der Waals surface area (Å²) in [6.45, 7) is 20.3. The molecule has 2 saturated carbocycles. The van der Waals surface area contributed by atoms with Crippen molar-refractivity contribution >= 4 is 95.2 Å². The summed E-state index contributed by atoms with van der Waals surface area (Å²) in [5, 5.41) is 39.6. The second-order valence-corrected chi connectivity index (χ2v) is 26.5. The number of carbonyl (C=O) groups is 3. The number of sulfonamides is 2. The van der Waals surface area contributed by atoms with Crippen LogP contribution in [0.3, 0.4) is 0 Å². The van der Waals surface area contributed by atoms with E-state index in [1.807, 2.05) is 9.62 Å². The van der Waals surface area contributed by atoms with Gasteiger partial charge in [-0.15, -0.1) is 22.6 Å². The zero-order valence-corrected chi connectivity index (χ0v) is 61.1. The van der Waals surface area contributed by atoms with E-state index in [4.69, 9.17) is 36.1 Å². The van der Waals surface area contributed by atoms with Crippen LogP contribution in [-0.2, 0) is 29.7 Å². The summed E-state index contributed by atoms with van der Waals surface area (Å²) in [7, 11) is -8.42. The van der Waals surface area contributed by atoms with Gasteiger partial charge >= 0.3 is 103 Å². The van der Waals surface area contributed by atoms with Gasteiger partial charge in [-0.1, -0.05) is 51.4 Å². The number of phenolic OH excluding ortho intramolecular Hbond substituents is 2. The van der Waals surface area contributed by atoms with E-state index in [0.29, 0.717) is 60.4 Å². The van der Waals surface area contributed by atoms with Gasteiger partial charge in [0, 0.05) is 65.1 Å². The van der Waals surface area contributed by atoms with Crippen LogP contribution < -0.4 is 137 Å². The number of amides is 2. The maximum atomic E-state index is 13.4. The fourth-order valence-electron chi connectivity index (χ4n) is 9.10. The normalized spacial score (nSPS) is 17.6. The summed E-state index contributed by atoms with van der Waals surface area (Å²) in [5.41, 5.74) is 0.562. The smallest absolute Gasteiger partial charge is 1.00 e. The molecule has 2 amide bonds. The first-order valence-corrected chi connectivity index (χ1v) is 29.4. The molecule has 2 aromatic carbocycles. The number of nitrogens with zero attached hydrogens (tertiary/aromatic N) is 7. The van der Waals surface area contributed by atoms with E-state index in [2.05, 4.69) is 85.5 Å². The minimum atomic E-state index is -4.22. The number of nitrogens with one attached hydrogen (secondary N) is 3. The number of phenols is 2. The fourth-order valence-corrected chi connectivity index (χ4v) is 11.4. The van der Waals surface area contributed by atoms with E-state index < -0.39 is 31.9 Å². The first-order chi connectivity index (χ1) is 38.0. The SMILES string of the molecule is CC1(COc2ccn(-c3ccc(C(=O)NS(=O)(=O)c4cccc(O)c4)c(Cl)n3)n2)CC1.C[C@@H]1CN(c2nc(-n3ccc(OCC4(C)CC4)n3)ccc2C(=O)NS(=O)(=O)c2cccc(O)c2)C(C)(C)C1.C[C@@H]1CNC(C)(C)C1.Cl.O=CO[O-].S.S.[H-].[K+].[K+]. The van der Waals surface area contributed by atoms with Gasteiger partial charge in [0.2, 0.25) is 11.8 Å². The third-order valence-corrected chi connectivity index (χ3v) is 16.9. The average molecular weight is 1360 g/mol. The number of aromatic hydroxyl groups is 2. The minimum Gasteiger partial charge on any atom is -1.00 e. The molecule has 0 unspecified atom stereocenters. The van der Waals surface area contributed by atoms with Gasteiger partial charge in [-0.3, -0.25) is 14.4 Å². The summed E-state index contributed by atoms with van der Waals surface area (Å²) in [5.74, 6) is 1.17. The van der Waals surface area contributed by atoms with Gasteiger partial charge in [0.1, 0.15) is 22.5 Å². The van der Waals surface area contributed by atoms with Crippen molar-refractivity contribution in [2.75, 3.05) is 31.2 Å². The first kappa shape index (κ1) is 79.0. The summed E-state index contributed by atoms with van der Waals surface area (Å²) >= 11 is 6.13. The molecule has 0 radical (unpaired) electrons. The minimum absolute atomic E-state index is 0. The molecule has 0 bridgehead atoms. The van der Waals surface area contributed by atoms with Crippen LogP contribution in [0.4, 0.5) is 5.82 Å².